The van der Waals surface area contributed by atoms with Gasteiger partial charge in [0, 0.05) is 30.6 Å². The molecule has 1 aromatic heterocycles. The number of aliphatic hydroxyl groups is 1. The van der Waals surface area contributed by atoms with Crippen LogP contribution in [-0.2, 0) is 14.3 Å². The van der Waals surface area contributed by atoms with Crippen molar-refractivity contribution in [1.82, 2.24) is 0 Å². The molecular weight excluding hydrogens is 404 g/mol. The van der Waals surface area contributed by atoms with Crippen LogP contribution in [0.5, 0.6) is 0 Å². The standard InChI is InChI=1S/C27H34O5/c1-15-4-5-21(31-15)18-13-16-12-17(28)6-9-25(16,2)24-20(29)14-26(3)19(23(18)24)7-10-27(26)11-8-22(30)32-27/h4-5,13,18-20,23-24,29H,6-12,14H2,1-3H3/t18-,19-,20+,23-,24-,25-,26-,27+/m0/s1. The molecule has 1 aromatic rings. The summed E-state index contributed by atoms with van der Waals surface area (Å²) in [5.74, 6) is 2.69. The van der Waals surface area contributed by atoms with Crippen LogP contribution in [0.4, 0.5) is 0 Å². The lowest BCUT2D eigenvalue weighted by molar-refractivity contribution is -0.184. The lowest BCUT2D eigenvalue weighted by atomic mass is 9.44. The summed E-state index contributed by atoms with van der Waals surface area (Å²) in [6, 6.07) is 4.08. The minimum Gasteiger partial charge on any atom is -0.466 e. The van der Waals surface area contributed by atoms with Gasteiger partial charge < -0.3 is 14.3 Å². The molecule has 32 heavy (non-hydrogen) atoms. The number of esters is 1. The first-order chi connectivity index (χ1) is 15.2. The molecule has 0 radical (unpaired) electrons. The minimum atomic E-state index is -0.490. The number of furan rings is 1. The summed E-state index contributed by atoms with van der Waals surface area (Å²) in [5.41, 5.74) is 0.333. The fraction of sp³-hybridized carbons (Fsp3) is 0.704. The van der Waals surface area contributed by atoms with Crippen molar-refractivity contribution in [3.63, 3.8) is 0 Å². The monoisotopic (exact) mass is 438 g/mol. The molecule has 0 aromatic carbocycles. The van der Waals surface area contributed by atoms with E-state index in [0.29, 0.717) is 37.4 Å². The molecule has 3 saturated carbocycles. The van der Waals surface area contributed by atoms with Gasteiger partial charge in [-0.2, -0.15) is 0 Å². The third kappa shape index (κ3) is 2.55. The predicted octanol–water partition coefficient (Wildman–Crippen LogP) is 4.86. The Balaban J connectivity index is 1.51. The van der Waals surface area contributed by atoms with E-state index in [9.17, 15) is 14.7 Å². The number of ether oxygens (including phenoxy) is 1. The fourth-order valence-electron chi connectivity index (χ4n) is 8.80. The Morgan fingerprint density at radius 2 is 1.91 bits per heavy atom. The van der Waals surface area contributed by atoms with Crippen LogP contribution in [-0.4, -0.2) is 28.6 Å². The number of allylic oxidation sites excluding steroid dienone is 2. The molecule has 8 atom stereocenters. The third-order valence-electron chi connectivity index (χ3n) is 10.4. The second-order valence-corrected chi connectivity index (χ2v) is 11.7. The Kier molecular flexibility index (Phi) is 4.26. The number of fused-ring (bicyclic) bond motifs is 6. The summed E-state index contributed by atoms with van der Waals surface area (Å²) in [5, 5.41) is 11.8. The first kappa shape index (κ1) is 20.7. The molecule has 5 heteroatoms. The van der Waals surface area contributed by atoms with Gasteiger partial charge in [-0.1, -0.05) is 25.5 Å². The van der Waals surface area contributed by atoms with E-state index in [1.807, 2.05) is 13.0 Å². The maximum absolute atomic E-state index is 12.4. The van der Waals surface area contributed by atoms with Crippen LogP contribution in [0, 0.1) is 35.5 Å². The van der Waals surface area contributed by atoms with Crippen LogP contribution < -0.4 is 0 Å². The van der Waals surface area contributed by atoms with Gasteiger partial charge in [-0.25, -0.2) is 0 Å². The van der Waals surface area contributed by atoms with Gasteiger partial charge in [0.1, 0.15) is 22.9 Å². The fourth-order valence-corrected chi connectivity index (χ4v) is 8.80. The topological polar surface area (TPSA) is 76.7 Å². The number of aliphatic hydroxyl groups excluding tert-OH is 1. The molecular formula is C27H34O5. The quantitative estimate of drug-likeness (QED) is 0.500. The van der Waals surface area contributed by atoms with E-state index in [1.165, 1.54) is 5.57 Å². The summed E-state index contributed by atoms with van der Waals surface area (Å²) in [4.78, 5) is 24.6. The van der Waals surface area contributed by atoms with Crippen LogP contribution in [0.2, 0.25) is 0 Å². The first-order valence-corrected chi connectivity index (χ1v) is 12.4. The largest absolute Gasteiger partial charge is 0.466 e. The van der Waals surface area contributed by atoms with Crippen LogP contribution in [0.25, 0.3) is 0 Å². The smallest absolute Gasteiger partial charge is 0.306 e. The van der Waals surface area contributed by atoms with Crippen molar-refractivity contribution in [2.45, 2.75) is 89.8 Å². The van der Waals surface area contributed by atoms with Crippen LogP contribution in [0.15, 0.2) is 28.2 Å². The predicted molar refractivity (Wildman–Crippen MR) is 118 cm³/mol. The highest BCUT2D eigenvalue weighted by atomic mass is 16.6. The van der Waals surface area contributed by atoms with Gasteiger partial charge in [0.15, 0.2) is 0 Å². The van der Waals surface area contributed by atoms with Crippen molar-refractivity contribution < 1.29 is 23.8 Å². The maximum atomic E-state index is 12.4. The zero-order valence-corrected chi connectivity index (χ0v) is 19.4. The van der Waals surface area contributed by atoms with E-state index in [0.717, 1.165) is 37.2 Å². The number of hydrogen-bond donors (Lipinski definition) is 1. The SMILES string of the molecule is Cc1ccc([C@@H]2C=C3CC(=O)CC[C@]3(C)[C@@H]3[C@@H]2[C@@H]2CC[C@@]4(CCC(=O)O4)[C@@]2(C)C[C@H]3O)o1. The molecule has 0 unspecified atom stereocenters. The molecule has 2 heterocycles. The number of aryl methyl sites for hydroxylation is 1. The molecule has 0 amide bonds. The van der Waals surface area contributed by atoms with Gasteiger partial charge >= 0.3 is 5.97 Å². The van der Waals surface area contributed by atoms with E-state index in [4.69, 9.17) is 9.15 Å². The molecule has 5 nitrogen and oxygen atoms in total. The van der Waals surface area contributed by atoms with Crippen molar-refractivity contribution in [2.24, 2.45) is 28.6 Å². The van der Waals surface area contributed by atoms with Gasteiger partial charge in [-0.05, 0) is 74.3 Å². The van der Waals surface area contributed by atoms with E-state index < -0.39 is 11.7 Å². The number of Topliss-reactive ketones (excluding diaryl/α,β-unsaturated/α-hetero) is 1. The Bertz CT molecular complexity index is 1020. The first-order valence-electron chi connectivity index (χ1n) is 12.4. The lowest BCUT2D eigenvalue weighted by Gasteiger charge is -2.61. The Morgan fingerprint density at radius 3 is 2.59 bits per heavy atom. The third-order valence-corrected chi connectivity index (χ3v) is 10.4. The van der Waals surface area contributed by atoms with Gasteiger partial charge in [-0.15, -0.1) is 0 Å². The minimum absolute atomic E-state index is 0.0363. The average molecular weight is 439 g/mol. The van der Waals surface area contributed by atoms with E-state index in [1.54, 1.807) is 0 Å². The molecule has 172 valence electrons. The number of rotatable bonds is 1. The number of hydrogen-bond acceptors (Lipinski definition) is 5. The number of carbonyl (C=O) groups excluding carboxylic acids is 2. The molecule has 4 fully saturated rings. The molecule has 1 N–H and O–H groups in total. The summed E-state index contributed by atoms with van der Waals surface area (Å²) in [6.07, 6.45) is 7.52. The average Bonchev–Trinajstić information content (AvgIpc) is 3.40. The molecule has 1 spiro atoms. The van der Waals surface area contributed by atoms with Gasteiger partial charge in [0.2, 0.25) is 0 Å². The highest BCUT2D eigenvalue weighted by Crippen LogP contribution is 2.71. The molecule has 0 bridgehead atoms. The Morgan fingerprint density at radius 1 is 1.09 bits per heavy atom. The van der Waals surface area contributed by atoms with Crippen molar-refractivity contribution in [1.29, 1.82) is 0 Å². The van der Waals surface area contributed by atoms with Crippen LogP contribution in [0.3, 0.4) is 0 Å². The Labute approximate surface area is 189 Å². The normalized spacial score (nSPS) is 47.6. The van der Waals surface area contributed by atoms with Gasteiger partial charge in [0.05, 0.1) is 6.10 Å². The zero-order valence-electron chi connectivity index (χ0n) is 19.4. The van der Waals surface area contributed by atoms with Crippen LogP contribution in [0.1, 0.15) is 82.7 Å². The summed E-state index contributed by atoms with van der Waals surface area (Å²) >= 11 is 0. The zero-order chi connectivity index (χ0) is 22.5. The highest BCUT2D eigenvalue weighted by Gasteiger charge is 2.70. The summed E-state index contributed by atoms with van der Waals surface area (Å²) in [6.45, 7) is 6.51. The molecule has 6 rings (SSSR count). The maximum Gasteiger partial charge on any atom is 0.306 e. The second kappa shape index (κ2) is 6.59. The van der Waals surface area contributed by atoms with Crippen LogP contribution >= 0.6 is 0 Å². The molecule has 1 saturated heterocycles. The lowest BCUT2D eigenvalue weighted by Crippen LogP contribution is -2.60. The van der Waals surface area contributed by atoms with Crippen molar-refractivity contribution in [3.05, 3.63) is 35.3 Å². The molecule has 4 aliphatic carbocycles. The van der Waals surface area contributed by atoms with Crippen molar-refractivity contribution in [2.75, 3.05) is 0 Å². The molecule has 5 aliphatic rings. The van der Waals surface area contributed by atoms with Gasteiger partial charge in [-0.3, -0.25) is 9.59 Å². The molecule has 1 aliphatic heterocycles. The van der Waals surface area contributed by atoms with Crippen molar-refractivity contribution in [3.8, 4) is 0 Å². The summed E-state index contributed by atoms with van der Waals surface area (Å²) in [7, 11) is 0. The van der Waals surface area contributed by atoms with Gasteiger partial charge in [0.25, 0.3) is 0 Å². The number of ketones is 1. The van der Waals surface area contributed by atoms with E-state index in [-0.39, 0.29) is 34.6 Å². The second-order valence-electron chi connectivity index (χ2n) is 11.7. The van der Waals surface area contributed by atoms with Crippen molar-refractivity contribution >= 4 is 11.8 Å². The number of carbonyl (C=O) groups is 2. The Hall–Kier alpha value is -1.88. The highest BCUT2D eigenvalue weighted by molar-refractivity contribution is 5.83. The summed E-state index contributed by atoms with van der Waals surface area (Å²) < 4.78 is 12.2. The van der Waals surface area contributed by atoms with E-state index >= 15 is 0 Å². The van der Waals surface area contributed by atoms with E-state index in [2.05, 4.69) is 26.0 Å².